The lowest BCUT2D eigenvalue weighted by Crippen LogP contribution is -2.25. The molecule has 5 nitrogen and oxygen atoms in total. The SMILES string of the molecule is COC(=O)/C(C#N)=C/c1cccc(OC(=O)C(C)(C)C)c1. The first-order valence-corrected chi connectivity index (χ1v) is 6.30. The molecule has 0 unspecified atom stereocenters. The number of benzene rings is 1. The molecule has 0 aromatic heterocycles. The maximum atomic E-state index is 11.8. The molecular formula is C16H17NO4. The Kier molecular flexibility index (Phi) is 5.25. The zero-order valence-electron chi connectivity index (χ0n) is 12.5. The molecule has 0 N–H and O–H groups in total. The van der Waals surface area contributed by atoms with Crippen LogP contribution in [0.25, 0.3) is 6.08 Å². The van der Waals surface area contributed by atoms with Crippen LogP contribution in [0.15, 0.2) is 29.8 Å². The Bertz CT molecular complexity index is 618. The van der Waals surface area contributed by atoms with E-state index in [9.17, 15) is 9.59 Å². The van der Waals surface area contributed by atoms with Crippen molar-refractivity contribution in [3.8, 4) is 11.8 Å². The van der Waals surface area contributed by atoms with Crippen LogP contribution < -0.4 is 4.74 Å². The van der Waals surface area contributed by atoms with Crippen LogP contribution in [-0.2, 0) is 14.3 Å². The maximum Gasteiger partial charge on any atom is 0.348 e. The summed E-state index contributed by atoms with van der Waals surface area (Å²) in [6.45, 7) is 5.26. The van der Waals surface area contributed by atoms with Gasteiger partial charge < -0.3 is 9.47 Å². The molecular weight excluding hydrogens is 270 g/mol. The van der Waals surface area contributed by atoms with Crippen molar-refractivity contribution in [2.75, 3.05) is 7.11 Å². The highest BCUT2D eigenvalue weighted by Gasteiger charge is 2.23. The van der Waals surface area contributed by atoms with Crippen molar-refractivity contribution in [2.24, 2.45) is 5.41 Å². The second-order valence-corrected chi connectivity index (χ2v) is 5.37. The highest BCUT2D eigenvalue weighted by molar-refractivity contribution is 5.97. The third-order valence-corrected chi connectivity index (χ3v) is 2.52. The first-order chi connectivity index (χ1) is 9.77. The van der Waals surface area contributed by atoms with Gasteiger partial charge in [0.15, 0.2) is 0 Å². The smallest absolute Gasteiger partial charge is 0.348 e. The number of hydrogen-bond donors (Lipinski definition) is 0. The Hall–Kier alpha value is -2.61. The summed E-state index contributed by atoms with van der Waals surface area (Å²) in [7, 11) is 1.20. The quantitative estimate of drug-likeness (QED) is 0.370. The number of rotatable bonds is 3. The van der Waals surface area contributed by atoms with Gasteiger partial charge in [0.25, 0.3) is 0 Å². The van der Waals surface area contributed by atoms with Crippen LogP contribution >= 0.6 is 0 Å². The van der Waals surface area contributed by atoms with Gasteiger partial charge in [0.05, 0.1) is 12.5 Å². The Morgan fingerprint density at radius 3 is 2.48 bits per heavy atom. The largest absolute Gasteiger partial charge is 0.465 e. The van der Waals surface area contributed by atoms with E-state index in [0.717, 1.165) is 0 Å². The highest BCUT2D eigenvalue weighted by atomic mass is 16.5. The van der Waals surface area contributed by atoms with Gasteiger partial charge in [-0.3, -0.25) is 4.79 Å². The average Bonchev–Trinajstić information content (AvgIpc) is 2.43. The Balaban J connectivity index is 3.02. The number of carbonyl (C=O) groups excluding carboxylic acids is 2. The van der Waals surface area contributed by atoms with Crippen molar-refractivity contribution in [1.29, 1.82) is 5.26 Å². The lowest BCUT2D eigenvalue weighted by molar-refractivity contribution is -0.143. The fourth-order valence-electron chi connectivity index (χ4n) is 1.34. The van der Waals surface area contributed by atoms with E-state index in [4.69, 9.17) is 10.00 Å². The van der Waals surface area contributed by atoms with Crippen molar-refractivity contribution in [3.05, 3.63) is 35.4 Å². The van der Waals surface area contributed by atoms with E-state index in [-0.39, 0.29) is 11.5 Å². The molecule has 0 amide bonds. The van der Waals surface area contributed by atoms with Crippen LogP contribution in [-0.4, -0.2) is 19.0 Å². The molecule has 0 aliphatic heterocycles. The van der Waals surface area contributed by atoms with Crippen LogP contribution in [0.1, 0.15) is 26.3 Å². The van der Waals surface area contributed by atoms with Crippen LogP contribution in [0.4, 0.5) is 0 Å². The summed E-state index contributed by atoms with van der Waals surface area (Å²) < 4.78 is 9.75. The summed E-state index contributed by atoms with van der Waals surface area (Å²) in [4.78, 5) is 23.2. The van der Waals surface area contributed by atoms with Gasteiger partial charge >= 0.3 is 11.9 Å². The molecule has 1 aromatic carbocycles. The number of nitrogens with zero attached hydrogens (tertiary/aromatic N) is 1. The fraction of sp³-hybridized carbons (Fsp3) is 0.312. The van der Waals surface area contributed by atoms with E-state index in [2.05, 4.69) is 4.74 Å². The van der Waals surface area contributed by atoms with E-state index < -0.39 is 11.4 Å². The number of nitriles is 1. The minimum Gasteiger partial charge on any atom is -0.465 e. The van der Waals surface area contributed by atoms with Crippen LogP contribution in [0, 0.1) is 16.7 Å². The summed E-state index contributed by atoms with van der Waals surface area (Å²) in [5.74, 6) is -0.725. The van der Waals surface area contributed by atoms with Gasteiger partial charge in [-0.05, 0) is 44.5 Å². The van der Waals surface area contributed by atoms with Gasteiger partial charge in [-0.1, -0.05) is 12.1 Å². The second-order valence-electron chi connectivity index (χ2n) is 5.37. The molecule has 110 valence electrons. The Morgan fingerprint density at radius 2 is 1.95 bits per heavy atom. The van der Waals surface area contributed by atoms with Gasteiger partial charge in [-0.2, -0.15) is 5.26 Å². The van der Waals surface area contributed by atoms with Crippen LogP contribution in [0.2, 0.25) is 0 Å². The van der Waals surface area contributed by atoms with E-state index >= 15 is 0 Å². The van der Waals surface area contributed by atoms with Gasteiger partial charge in [0.2, 0.25) is 0 Å². The molecule has 0 saturated carbocycles. The van der Waals surface area contributed by atoms with Crippen LogP contribution in [0.5, 0.6) is 5.75 Å². The van der Waals surface area contributed by atoms with E-state index in [1.807, 2.05) is 0 Å². The molecule has 0 heterocycles. The summed E-state index contributed by atoms with van der Waals surface area (Å²) in [5, 5.41) is 8.91. The Morgan fingerprint density at radius 1 is 1.29 bits per heavy atom. The fourth-order valence-corrected chi connectivity index (χ4v) is 1.34. The molecule has 0 fully saturated rings. The number of hydrogen-bond acceptors (Lipinski definition) is 5. The first kappa shape index (κ1) is 16.4. The number of esters is 2. The first-order valence-electron chi connectivity index (χ1n) is 6.30. The molecule has 0 saturated heterocycles. The van der Waals surface area contributed by atoms with Crippen molar-refractivity contribution in [1.82, 2.24) is 0 Å². The third-order valence-electron chi connectivity index (χ3n) is 2.52. The molecule has 1 aromatic rings. The topological polar surface area (TPSA) is 76.4 Å². The van der Waals surface area contributed by atoms with Crippen LogP contribution in [0.3, 0.4) is 0 Å². The highest BCUT2D eigenvalue weighted by Crippen LogP contribution is 2.21. The average molecular weight is 287 g/mol. The molecule has 0 bridgehead atoms. The van der Waals surface area contributed by atoms with E-state index in [1.165, 1.54) is 13.2 Å². The predicted octanol–water partition coefficient (Wildman–Crippen LogP) is 2.72. The normalized spacial score (nSPS) is 11.5. The zero-order chi connectivity index (χ0) is 16.0. The second kappa shape index (κ2) is 6.71. The monoisotopic (exact) mass is 287 g/mol. The molecule has 21 heavy (non-hydrogen) atoms. The summed E-state index contributed by atoms with van der Waals surface area (Å²) in [6, 6.07) is 8.33. The number of methoxy groups -OCH3 is 1. The molecule has 1 rings (SSSR count). The number of carbonyl (C=O) groups is 2. The molecule has 0 aliphatic rings. The summed E-state index contributed by atoms with van der Waals surface area (Å²) in [5.41, 5.74) is -0.177. The summed E-state index contributed by atoms with van der Waals surface area (Å²) in [6.07, 6.45) is 1.38. The lowest BCUT2D eigenvalue weighted by Gasteiger charge is -2.16. The minimum atomic E-state index is -0.713. The van der Waals surface area contributed by atoms with Gasteiger partial charge in [-0.15, -0.1) is 0 Å². The van der Waals surface area contributed by atoms with Crippen molar-refractivity contribution in [2.45, 2.75) is 20.8 Å². The van der Waals surface area contributed by atoms with Gasteiger partial charge in [0, 0.05) is 0 Å². The van der Waals surface area contributed by atoms with Crippen molar-refractivity contribution >= 4 is 18.0 Å². The maximum absolute atomic E-state index is 11.8. The van der Waals surface area contributed by atoms with Crippen molar-refractivity contribution in [3.63, 3.8) is 0 Å². The molecule has 0 spiro atoms. The zero-order valence-corrected chi connectivity index (χ0v) is 12.5. The predicted molar refractivity (Wildman–Crippen MR) is 77.1 cm³/mol. The molecule has 5 heteroatoms. The van der Waals surface area contributed by atoms with Crippen molar-refractivity contribution < 1.29 is 19.1 Å². The lowest BCUT2D eigenvalue weighted by atomic mass is 9.97. The van der Waals surface area contributed by atoms with Gasteiger partial charge in [-0.25, -0.2) is 4.79 Å². The standard InChI is InChI=1S/C16H17NO4/c1-16(2,3)15(19)21-13-7-5-6-11(9-13)8-12(10-17)14(18)20-4/h5-9H,1-4H3/b12-8+. The van der Waals surface area contributed by atoms with Gasteiger partial charge in [0.1, 0.15) is 17.4 Å². The van der Waals surface area contributed by atoms with E-state index in [1.54, 1.807) is 51.1 Å². The third kappa shape index (κ3) is 4.77. The molecule has 0 aliphatic carbocycles. The minimum absolute atomic E-state index is 0.128. The molecule has 0 atom stereocenters. The van der Waals surface area contributed by atoms with E-state index in [0.29, 0.717) is 11.3 Å². The Labute approximate surface area is 123 Å². The summed E-state index contributed by atoms with van der Waals surface area (Å²) >= 11 is 0. The number of ether oxygens (including phenoxy) is 2. The molecule has 0 radical (unpaired) electrons.